The van der Waals surface area contributed by atoms with Gasteiger partial charge in [-0.1, -0.05) is 30.3 Å². The van der Waals surface area contributed by atoms with Gasteiger partial charge in [-0.15, -0.1) is 0 Å². The molecule has 3 heterocycles. The molecule has 4 rings (SSSR count). The molecule has 160 valence electrons. The van der Waals surface area contributed by atoms with Gasteiger partial charge in [0, 0.05) is 45.9 Å². The molecule has 0 radical (unpaired) electrons. The minimum absolute atomic E-state index is 0.0331. The Morgan fingerprint density at radius 2 is 1.97 bits per heavy atom. The number of piperazine rings is 1. The fraction of sp³-hybridized carbons (Fsp3) is 0.500. The largest absolute Gasteiger partial charge is 0.378 e. The average molecular weight is 413 g/mol. The van der Waals surface area contributed by atoms with Gasteiger partial charge < -0.3 is 20.7 Å². The second-order valence-corrected chi connectivity index (χ2v) is 7.63. The third-order valence-electron chi connectivity index (χ3n) is 5.51. The summed E-state index contributed by atoms with van der Waals surface area (Å²) in [6.07, 6.45) is 1.96. The molecule has 0 spiro atoms. The predicted octanol–water partition coefficient (Wildman–Crippen LogP) is 1.88. The highest BCUT2D eigenvalue weighted by Gasteiger charge is 2.27. The van der Waals surface area contributed by atoms with Gasteiger partial charge in [-0.3, -0.25) is 15.0 Å². The van der Waals surface area contributed by atoms with Crippen LogP contribution in [0, 0.1) is 10.1 Å². The zero-order valence-corrected chi connectivity index (χ0v) is 16.9. The summed E-state index contributed by atoms with van der Waals surface area (Å²) < 4.78 is 5.59. The minimum Gasteiger partial charge on any atom is -0.378 e. The van der Waals surface area contributed by atoms with Crippen LogP contribution in [0.3, 0.4) is 0 Å². The monoisotopic (exact) mass is 413 g/mol. The molecular weight excluding hydrogens is 386 g/mol. The SMILES string of the molecule is Nc1nc(N2CCN(Cc3ccccc3)CC2)nc(NC[C@H]2CCCO2)c1[N+](=O)[O-]. The molecule has 0 bridgehead atoms. The lowest BCUT2D eigenvalue weighted by molar-refractivity contribution is -0.383. The van der Waals surface area contributed by atoms with Gasteiger partial charge in [0.1, 0.15) is 0 Å². The number of hydrogen-bond acceptors (Lipinski definition) is 9. The van der Waals surface area contributed by atoms with Crippen LogP contribution in [0.4, 0.5) is 23.3 Å². The fourth-order valence-electron chi connectivity index (χ4n) is 3.87. The van der Waals surface area contributed by atoms with E-state index in [1.165, 1.54) is 5.56 Å². The van der Waals surface area contributed by atoms with Crippen molar-refractivity contribution in [3.63, 3.8) is 0 Å². The normalized spacial score (nSPS) is 19.7. The Labute approximate surface area is 175 Å². The number of ether oxygens (including phenoxy) is 1. The summed E-state index contributed by atoms with van der Waals surface area (Å²) in [6.45, 7) is 5.25. The summed E-state index contributed by atoms with van der Waals surface area (Å²) in [4.78, 5) is 24.0. The van der Waals surface area contributed by atoms with E-state index >= 15 is 0 Å². The number of hydrogen-bond donors (Lipinski definition) is 2. The van der Waals surface area contributed by atoms with Crippen molar-refractivity contribution in [3.05, 3.63) is 46.0 Å². The molecule has 2 fully saturated rings. The number of nitrogen functional groups attached to an aromatic ring is 1. The van der Waals surface area contributed by atoms with E-state index in [-0.39, 0.29) is 23.4 Å². The zero-order valence-electron chi connectivity index (χ0n) is 16.9. The number of benzene rings is 1. The predicted molar refractivity (Wildman–Crippen MR) is 114 cm³/mol. The van der Waals surface area contributed by atoms with Gasteiger partial charge in [-0.25, -0.2) is 0 Å². The van der Waals surface area contributed by atoms with Crippen LogP contribution in [-0.2, 0) is 11.3 Å². The summed E-state index contributed by atoms with van der Waals surface area (Å²) in [5.74, 6) is 0.462. The van der Waals surface area contributed by atoms with Crippen LogP contribution < -0.4 is 16.0 Å². The third kappa shape index (κ3) is 4.77. The van der Waals surface area contributed by atoms with Crippen LogP contribution in [-0.4, -0.2) is 65.2 Å². The van der Waals surface area contributed by atoms with Gasteiger partial charge in [-0.2, -0.15) is 9.97 Å². The van der Waals surface area contributed by atoms with Crippen LogP contribution >= 0.6 is 0 Å². The fourth-order valence-corrected chi connectivity index (χ4v) is 3.87. The quantitative estimate of drug-likeness (QED) is 0.517. The minimum atomic E-state index is -0.533. The van der Waals surface area contributed by atoms with Crippen molar-refractivity contribution in [1.29, 1.82) is 0 Å². The molecule has 2 aromatic rings. The molecule has 10 nitrogen and oxygen atoms in total. The van der Waals surface area contributed by atoms with Crippen LogP contribution in [0.25, 0.3) is 0 Å². The van der Waals surface area contributed by atoms with Gasteiger partial charge in [0.05, 0.1) is 11.0 Å². The van der Waals surface area contributed by atoms with Crippen molar-refractivity contribution >= 4 is 23.3 Å². The highest BCUT2D eigenvalue weighted by Crippen LogP contribution is 2.30. The number of rotatable bonds is 7. The van der Waals surface area contributed by atoms with Crippen molar-refractivity contribution in [2.45, 2.75) is 25.5 Å². The van der Waals surface area contributed by atoms with Gasteiger partial charge in [0.25, 0.3) is 0 Å². The lowest BCUT2D eigenvalue weighted by Gasteiger charge is -2.34. The van der Waals surface area contributed by atoms with E-state index in [1.807, 2.05) is 23.1 Å². The first kappa shape index (κ1) is 20.3. The summed E-state index contributed by atoms with van der Waals surface area (Å²) in [5, 5.41) is 14.6. The van der Waals surface area contributed by atoms with Crippen molar-refractivity contribution in [3.8, 4) is 0 Å². The first-order valence-corrected chi connectivity index (χ1v) is 10.3. The molecule has 1 aromatic heterocycles. The Morgan fingerprint density at radius 3 is 2.63 bits per heavy atom. The lowest BCUT2D eigenvalue weighted by Crippen LogP contribution is -2.46. The summed E-state index contributed by atoms with van der Waals surface area (Å²) in [7, 11) is 0. The molecule has 0 amide bonds. The van der Waals surface area contributed by atoms with Gasteiger partial charge >= 0.3 is 5.69 Å². The number of aromatic nitrogens is 2. The van der Waals surface area contributed by atoms with Crippen LogP contribution in [0.2, 0.25) is 0 Å². The Hall–Kier alpha value is -2.98. The average Bonchev–Trinajstić information content (AvgIpc) is 3.26. The van der Waals surface area contributed by atoms with Crippen LogP contribution in [0.1, 0.15) is 18.4 Å². The summed E-state index contributed by atoms with van der Waals surface area (Å²) in [6, 6.07) is 10.4. The van der Waals surface area contributed by atoms with Crippen molar-refractivity contribution in [2.75, 3.05) is 55.3 Å². The molecule has 2 aliphatic heterocycles. The number of nitrogens with zero attached hydrogens (tertiary/aromatic N) is 5. The van der Waals surface area contributed by atoms with Crippen molar-refractivity contribution in [1.82, 2.24) is 14.9 Å². The Balaban J connectivity index is 1.43. The van der Waals surface area contributed by atoms with E-state index in [4.69, 9.17) is 10.5 Å². The van der Waals surface area contributed by atoms with Crippen LogP contribution in [0.15, 0.2) is 30.3 Å². The van der Waals surface area contributed by atoms with Gasteiger partial charge in [0.2, 0.25) is 17.6 Å². The van der Waals surface area contributed by atoms with E-state index in [1.54, 1.807) is 0 Å². The molecule has 1 atom stereocenters. The Kier molecular flexibility index (Phi) is 6.24. The van der Waals surface area contributed by atoms with E-state index in [0.717, 1.165) is 52.2 Å². The Morgan fingerprint density at radius 1 is 1.20 bits per heavy atom. The maximum atomic E-state index is 11.5. The third-order valence-corrected chi connectivity index (χ3v) is 5.51. The van der Waals surface area contributed by atoms with Gasteiger partial charge in [-0.05, 0) is 18.4 Å². The van der Waals surface area contributed by atoms with E-state index in [2.05, 4.69) is 32.3 Å². The highest BCUT2D eigenvalue weighted by atomic mass is 16.6. The topological polar surface area (TPSA) is 123 Å². The van der Waals surface area contributed by atoms with E-state index in [0.29, 0.717) is 12.5 Å². The number of nitrogens with one attached hydrogen (secondary N) is 1. The molecule has 0 saturated carbocycles. The smallest absolute Gasteiger partial charge is 0.353 e. The summed E-state index contributed by atoms with van der Waals surface area (Å²) >= 11 is 0. The standard InChI is InChI=1S/C20H27N7O3/c21-18-17(27(28)29)19(22-13-16-7-4-12-30-16)24-20(23-18)26-10-8-25(9-11-26)14-15-5-2-1-3-6-15/h1-3,5-6,16H,4,7-14H2,(H3,21,22,23,24)/t16-/m1/s1. The molecule has 10 heteroatoms. The van der Waals surface area contributed by atoms with Crippen LogP contribution in [0.5, 0.6) is 0 Å². The molecule has 0 unspecified atom stereocenters. The van der Waals surface area contributed by atoms with Crippen molar-refractivity contribution < 1.29 is 9.66 Å². The highest BCUT2D eigenvalue weighted by molar-refractivity contribution is 5.70. The maximum absolute atomic E-state index is 11.5. The number of anilines is 3. The van der Waals surface area contributed by atoms with Gasteiger partial charge in [0.15, 0.2) is 0 Å². The number of nitrogens with two attached hydrogens (primary N) is 1. The number of nitro groups is 1. The lowest BCUT2D eigenvalue weighted by atomic mass is 10.2. The second-order valence-electron chi connectivity index (χ2n) is 7.63. The Bertz CT molecular complexity index is 866. The van der Waals surface area contributed by atoms with E-state index < -0.39 is 4.92 Å². The van der Waals surface area contributed by atoms with Crippen molar-refractivity contribution in [2.24, 2.45) is 0 Å². The molecular formula is C20H27N7O3. The molecule has 0 aliphatic carbocycles. The molecule has 2 saturated heterocycles. The maximum Gasteiger partial charge on any atom is 0.353 e. The molecule has 3 N–H and O–H groups in total. The summed E-state index contributed by atoms with van der Waals surface area (Å²) in [5.41, 5.74) is 6.94. The van der Waals surface area contributed by atoms with E-state index in [9.17, 15) is 10.1 Å². The second kappa shape index (κ2) is 9.23. The molecule has 1 aromatic carbocycles. The first-order valence-electron chi connectivity index (χ1n) is 10.3. The first-order chi connectivity index (χ1) is 14.6. The molecule has 2 aliphatic rings. The molecule has 30 heavy (non-hydrogen) atoms. The zero-order chi connectivity index (χ0) is 20.9.